The lowest BCUT2D eigenvalue weighted by Gasteiger charge is -1.91. The van der Waals surface area contributed by atoms with Gasteiger partial charge in [-0.05, 0) is 13.8 Å². The molecule has 0 atom stereocenters. The summed E-state index contributed by atoms with van der Waals surface area (Å²) in [6.45, 7) is 7.18. The molecule has 2 rings (SSSR count). The molecule has 0 saturated heterocycles. The van der Waals surface area contributed by atoms with Crippen LogP contribution in [0.1, 0.15) is 17.5 Å². The lowest BCUT2D eigenvalue weighted by molar-refractivity contribution is -0.139. The van der Waals surface area contributed by atoms with Crippen LogP contribution in [-0.4, -0.2) is 22.2 Å². The number of aryl methyl sites for hydroxylation is 2. The molecule has 0 fully saturated rings. The molecule has 0 aliphatic rings. The van der Waals surface area contributed by atoms with Crippen molar-refractivity contribution in [1.29, 1.82) is 0 Å². The van der Waals surface area contributed by atoms with E-state index >= 15 is 0 Å². The van der Waals surface area contributed by atoms with Gasteiger partial charge in [-0.2, -0.15) is 0 Å². The minimum Gasteiger partial charge on any atom is -0.481 e. The van der Waals surface area contributed by atoms with E-state index in [1.54, 1.807) is 0 Å². The van der Waals surface area contributed by atoms with Crippen molar-refractivity contribution in [3.05, 3.63) is 83.9 Å². The Morgan fingerprint density at radius 1 is 0.826 bits per heavy atom. The number of carboxylic acid groups (broad SMARTS) is 2. The van der Waals surface area contributed by atoms with Crippen molar-refractivity contribution < 1.29 is 19.8 Å². The molecule has 0 radical (unpaired) electrons. The number of rotatable bonds is 3. The van der Waals surface area contributed by atoms with Crippen molar-refractivity contribution in [1.82, 2.24) is 0 Å². The van der Waals surface area contributed by atoms with Gasteiger partial charge in [-0.1, -0.05) is 78.4 Å². The second-order valence-electron chi connectivity index (χ2n) is 4.79. The first-order valence-corrected chi connectivity index (χ1v) is 6.99. The molecule has 0 aromatic heterocycles. The van der Waals surface area contributed by atoms with E-state index in [0.29, 0.717) is 0 Å². The molecule has 0 saturated carbocycles. The predicted octanol–water partition coefficient (Wildman–Crippen LogP) is 4.09. The van der Waals surface area contributed by atoms with Gasteiger partial charge in [0.05, 0.1) is 6.42 Å². The molecule has 0 heterocycles. The van der Waals surface area contributed by atoms with E-state index in [0.717, 1.165) is 0 Å². The summed E-state index contributed by atoms with van der Waals surface area (Å²) >= 11 is 0. The summed E-state index contributed by atoms with van der Waals surface area (Å²) in [7, 11) is 0. The Kier molecular flexibility index (Phi) is 10.3. The van der Waals surface area contributed by atoms with E-state index in [1.807, 2.05) is 36.4 Å². The van der Waals surface area contributed by atoms with Crippen LogP contribution in [0.4, 0.5) is 0 Å². The highest BCUT2D eigenvalue weighted by atomic mass is 16.4. The standard InChI is InChI=1S/2C7H8.C5H6O4/c2*1-7-5-3-2-4-6-7;1-3(5(8)9)2-4(6)7/h2*2-6H,1H3;1-2H2,(H,6,7)(H,8,9). The number of aliphatic carboxylic acids is 2. The molecule has 4 nitrogen and oxygen atoms in total. The van der Waals surface area contributed by atoms with Crippen LogP contribution in [0.25, 0.3) is 0 Å². The topological polar surface area (TPSA) is 74.6 Å². The molecule has 122 valence electrons. The summed E-state index contributed by atoms with van der Waals surface area (Å²) in [6, 6.07) is 20.5. The Morgan fingerprint density at radius 2 is 1.17 bits per heavy atom. The summed E-state index contributed by atoms with van der Waals surface area (Å²) in [4.78, 5) is 19.7. The van der Waals surface area contributed by atoms with E-state index in [-0.39, 0.29) is 5.57 Å². The molecule has 0 aliphatic heterocycles. The van der Waals surface area contributed by atoms with Gasteiger partial charge in [-0.25, -0.2) is 4.79 Å². The van der Waals surface area contributed by atoms with Crippen molar-refractivity contribution >= 4 is 11.9 Å². The first kappa shape index (κ1) is 20.1. The third-order valence-corrected chi connectivity index (χ3v) is 2.55. The van der Waals surface area contributed by atoms with Crippen LogP contribution in [0.3, 0.4) is 0 Å². The lowest BCUT2D eigenvalue weighted by atomic mass is 10.2. The van der Waals surface area contributed by atoms with Gasteiger partial charge in [0.25, 0.3) is 0 Å². The zero-order valence-electron chi connectivity index (χ0n) is 13.4. The van der Waals surface area contributed by atoms with Gasteiger partial charge in [-0.15, -0.1) is 0 Å². The zero-order valence-corrected chi connectivity index (χ0v) is 13.4. The first-order chi connectivity index (χ1) is 10.8. The number of hydrogen-bond acceptors (Lipinski definition) is 2. The molecule has 0 spiro atoms. The molecule has 2 N–H and O–H groups in total. The van der Waals surface area contributed by atoms with E-state index in [1.165, 1.54) is 11.1 Å². The van der Waals surface area contributed by atoms with Crippen molar-refractivity contribution in [3.63, 3.8) is 0 Å². The second-order valence-corrected chi connectivity index (χ2v) is 4.79. The minimum absolute atomic E-state index is 0.303. The molecule has 2 aromatic carbocycles. The Labute approximate surface area is 136 Å². The van der Waals surface area contributed by atoms with Crippen LogP contribution >= 0.6 is 0 Å². The van der Waals surface area contributed by atoms with Gasteiger partial charge in [0.15, 0.2) is 0 Å². The number of carboxylic acids is 2. The van der Waals surface area contributed by atoms with Gasteiger partial charge >= 0.3 is 11.9 Å². The Hall–Kier alpha value is -2.88. The Balaban J connectivity index is 0.000000318. The molecule has 0 unspecified atom stereocenters. The van der Waals surface area contributed by atoms with Crippen molar-refractivity contribution in [2.75, 3.05) is 0 Å². The van der Waals surface area contributed by atoms with E-state index in [2.05, 4.69) is 44.7 Å². The van der Waals surface area contributed by atoms with Crippen LogP contribution in [0.2, 0.25) is 0 Å². The number of benzene rings is 2. The monoisotopic (exact) mass is 314 g/mol. The average Bonchev–Trinajstić information content (AvgIpc) is 2.49. The SMILES string of the molecule is C=C(CC(=O)O)C(=O)O.Cc1ccccc1.Cc1ccccc1. The summed E-state index contributed by atoms with van der Waals surface area (Å²) in [5.74, 6) is -2.44. The van der Waals surface area contributed by atoms with Crippen LogP contribution in [0.15, 0.2) is 72.8 Å². The highest BCUT2D eigenvalue weighted by Crippen LogP contribution is 1.95. The summed E-state index contributed by atoms with van der Waals surface area (Å²) in [6.07, 6.45) is -0.505. The van der Waals surface area contributed by atoms with Gasteiger partial charge in [0.2, 0.25) is 0 Å². The van der Waals surface area contributed by atoms with Gasteiger partial charge in [0.1, 0.15) is 0 Å². The highest BCUT2D eigenvalue weighted by molar-refractivity contribution is 5.91. The van der Waals surface area contributed by atoms with Gasteiger partial charge in [-0.3, -0.25) is 4.79 Å². The smallest absolute Gasteiger partial charge is 0.331 e. The quantitative estimate of drug-likeness (QED) is 0.837. The highest BCUT2D eigenvalue weighted by Gasteiger charge is 2.07. The van der Waals surface area contributed by atoms with Gasteiger partial charge in [0, 0.05) is 5.57 Å². The second kappa shape index (κ2) is 11.7. The molecule has 4 heteroatoms. The molecule has 0 bridgehead atoms. The Morgan fingerprint density at radius 3 is 1.30 bits per heavy atom. The third-order valence-electron chi connectivity index (χ3n) is 2.55. The summed E-state index contributed by atoms with van der Waals surface area (Å²) in [5.41, 5.74) is 2.34. The molecular weight excluding hydrogens is 292 g/mol. The Bertz CT molecular complexity index is 566. The average molecular weight is 314 g/mol. The summed E-state index contributed by atoms with van der Waals surface area (Å²) in [5, 5.41) is 16.1. The van der Waals surface area contributed by atoms with Crippen LogP contribution in [0.5, 0.6) is 0 Å². The normalized spacial score (nSPS) is 8.61. The van der Waals surface area contributed by atoms with Crippen LogP contribution in [0, 0.1) is 13.8 Å². The maximum atomic E-state index is 9.87. The fraction of sp³-hybridized carbons (Fsp3) is 0.158. The lowest BCUT2D eigenvalue weighted by Crippen LogP contribution is -2.04. The van der Waals surface area contributed by atoms with Crippen LogP contribution in [-0.2, 0) is 9.59 Å². The number of carbonyl (C=O) groups is 2. The zero-order chi connectivity index (χ0) is 17.7. The largest absolute Gasteiger partial charge is 0.481 e. The van der Waals surface area contributed by atoms with Crippen LogP contribution < -0.4 is 0 Å². The summed E-state index contributed by atoms with van der Waals surface area (Å²) < 4.78 is 0. The predicted molar refractivity (Wildman–Crippen MR) is 91.4 cm³/mol. The fourth-order valence-corrected chi connectivity index (χ4v) is 1.33. The van der Waals surface area contributed by atoms with Crippen molar-refractivity contribution in [3.8, 4) is 0 Å². The van der Waals surface area contributed by atoms with Crippen molar-refractivity contribution in [2.45, 2.75) is 20.3 Å². The molecule has 0 aliphatic carbocycles. The minimum atomic E-state index is -1.27. The van der Waals surface area contributed by atoms with E-state index in [4.69, 9.17) is 10.2 Å². The van der Waals surface area contributed by atoms with Gasteiger partial charge < -0.3 is 10.2 Å². The van der Waals surface area contributed by atoms with E-state index < -0.39 is 18.4 Å². The fourth-order valence-electron chi connectivity index (χ4n) is 1.33. The van der Waals surface area contributed by atoms with Crippen molar-refractivity contribution in [2.24, 2.45) is 0 Å². The molecule has 0 amide bonds. The first-order valence-electron chi connectivity index (χ1n) is 6.99. The third kappa shape index (κ3) is 12.6. The maximum absolute atomic E-state index is 9.87. The molecule has 23 heavy (non-hydrogen) atoms. The number of hydrogen-bond donors (Lipinski definition) is 2. The molecule has 2 aromatic rings. The maximum Gasteiger partial charge on any atom is 0.331 e. The van der Waals surface area contributed by atoms with E-state index in [9.17, 15) is 9.59 Å². The molecular formula is C19H22O4.